The van der Waals surface area contributed by atoms with E-state index in [2.05, 4.69) is 5.10 Å². The standard InChI is InChI=1S/C14H17N3O2/c1-4-19-14(18)12-10(3)16-17(13(12)15)11-7-5-9(2)6-8-11/h5-8H,4,15H2,1-3H3. The lowest BCUT2D eigenvalue weighted by atomic mass is 10.2. The summed E-state index contributed by atoms with van der Waals surface area (Å²) in [6.07, 6.45) is 0. The van der Waals surface area contributed by atoms with E-state index in [1.165, 1.54) is 0 Å². The highest BCUT2D eigenvalue weighted by molar-refractivity contribution is 5.95. The molecular weight excluding hydrogens is 242 g/mol. The van der Waals surface area contributed by atoms with Gasteiger partial charge in [0.1, 0.15) is 11.4 Å². The maximum absolute atomic E-state index is 11.8. The minimum absolute atomic E-state index is 0.305. The van der Waals surface area contributed by atoms with Crippen molar-refractivity contribution < 1.29 is 9.53 Å². The first-order valence-electron chi connectivity index (χ1n) is 6.13. The van der Waals surface area contributed by atoms with Gasteiger partial charge >= 0.3 is 5.97 Å². The average Bonchev–Trinajstić information content (AvgIpc) is 2.66. The molecule has 0 atom stereocenters. The Morgan fingerprint density at radius 1 is 1.32 bits per heavy atom. The van der Waals surface area contributed by atoms with Gasteiger partial charge in [0.2, 0.25) is 0 Å². The predicted molar refractivity (Wildman–Crippen MR) is 73.4 cm³/mol. The van der Waals surface area contributed by atoms with Gasteiger partial charge in [0.15, 0.2) is 0 Å². The Kier molecular flexibility index (Phi) is 3.55. The van der Waals surface area contributed by atoms with Crippen molar-refractivity contribution in [3.63, 3.8) is 0 Å². The number of nitrogens with zero attached hydrogens (tertiary/aromatic N) is 2. The SMILES string of the molecule is CCOC(=O)c1c(C)nn(-c2ccc(C)cc2)c1N. The fourth-order valence-corrected chi connectivity index (χ4v) is 1.88. The molecule has 0 fully saturated rings. The van der Waals surface area contributed by atoms with Gasteiger partial charge < -0.3 is 10.5 Å². The molecule has 0 saturated heterocycles. The zero-order valence-electron chi connectivity index (χ0n) is 11.3. The first kappa shape index (κ1) is 13.1. The Labute approximate surface area is 112 Å². The largest absolute Gasteiger partial charge is 0.462 e. The van der Waals surface area contributed by atoms with E-state index in [1.54, 1.807) is 18.5 Å². The second-order valence-corrected chi connectivity index (χ2v) is 4.31. The molecule has 2 aromatic rings. The monoisotopic (exact) mass is 259 g/mol. The molecule has 5 heteroatoms. The first-order chi connectivity index (χ1) is 9.04. The molecule has 0 aliphatic rings. The van der Waals surface area contributed by atoms with Gasteiger partial charge in [-0.2, -0.15) is 5.10 Å². The number of ether oxygens (including phenoxy) is 1. The van der Waals surface area contributed by atoms with Gasteiger partial charge in [0, 0.05) is 0 Å². The molecule has 0 aliphatic carbocycles. The van der Waals surface area contributed by atoms with Crippen LogP contribution in [0.4, 0.5) is 5.82 Å². The third kappa shape index (κ3) is 2.45. The van der Waals surface area contributed by atoms with Crippen molar-refractivity contribution >= 4 is 11.8 Å². The summed E-state index contributed by atoms with van der Waals surface area (Å²) in [7, 11) is 0. The molecule has 100 valence electrons. The second-order valence-electron chi connectivity index (χ2n) is 4.31. The number of benzene rings is 1. The van der Waals surface area contributed by atoms with Crippen LogP contribution < -0.4 is 5.73 Å². The van der Waals surface area contributed by atoms with Crippen LogP contribution in [0.5, 0.6) is 0 Å². The molecule has 19 heavy (non-hydrogen) atoms. The zero-order valence-corrected chi connectivity index (χ0v) is 11.3. The topological polar surface area (TPSA) is 70.1 Å². The van der Waals surface area contributed by atoms with Crippen molar-refractivity contribution in [2.45, 2.75) is 20.8 Å². The van der Waals surface area contributed by atoms with Gasteiger partial charge in [-0.25, -0.2) is 9.48 Å². The van der Waals surface area contributed by atoms with E-state index in [0.29, 0.717) is 23.7 Å². The third-order valence-corrected chi connectivity index (χ3v) is 2.85. The van der Waals surface area contributed by atoms with E-state index >= 15 is 0 Å². The molecule has 0 bridgehead atoms. The molecule has 0 amide bonds. The van der Waals surface area contributed by atoms with Crippen LogP contribution in [0.2, 0.25) is 0 Å². The van der Waals surface area contributed by atoms with Crippen LogP contribution in [0, 0.1) is 13.8 Å². The molecule has 1 aromatic heterocycles. The number of hydrogen-bond acceptors (Lipinski definition) is 4. The average molecular weight is 259 g/mol. The van der Waals surface area contributed by atoms with E-state index < -0.39 is 5.97 Å². The maximum Gasteiger partial charge on any atom is 0.343 e. The highest BCUT2D eigenvalue weighted by Crippen LogP contribution is 2.21. The molecule has 5 nitrogen and oxygen atoms in total. The number of anilines is 1. The van der Waals surface area contributed by atoms with Crippen molar-refractivity contribution in [1.82, 2.24) is 9.78 Å². The van der Waals surface area contributed by atoms with Gasteiger partial charge in [0.25, 0.3) is 0 Å². The number of carbonyl (C=O) groups excluding carboxylic acids is 1. The minimum Gasteiger partial charge on any atom is -0.462 e. The summed E-state index contributed by atoms with van der Waals surface area (Å²) >= 11 is 0. The van der Waals surface area contributed by atoms with E-state index in [9.17, 15) is 4.79 Å². The van der Waals surface area contributed by atoms with Crippen LogP contribution in [0.3, 0.4) is 0 Å². The number of hydrogen-bond donors (Lipinski definition) is 1. The normalized spacial score (nSPS) is 10.5. The van der Waals surface area contributed by atoms with E-state index in [4.69, 9.17) is 10.5 Å². The maximum atomic E-state index is 11.8. The Bertz CT molecular complexity index is 600. The Morgan fingerprint density at radius 3 is 2.53 bits per heavy atom. The highest BCUT2D eigenvalue weighted by atomic mass is 16.5. The molecule has 2 rings (SSSR count). The van der Waals surface area contributed by atoms with Crippen LogP contribution in [0.15, 0.2) is 24.3 Å². The van der Waals surface area contributed by atoms with Crippen LogP contribution in [-0.2, 0) is 4.74 Å². The number of aromatic nitrogens is 2. The summed E-state index contributed by atoms with van der Waals surface area (Å²) in [5.74, 6) is -0.129. The number of rotatable bonds is 3. The van der Waals surface area contributed by atoms with Crippen molar-refractivity contribution in [1.29, 1.82) is 0 Å². The van der Waals surface area contributed by atoms with Crippen LogP contribution in [0.1, 0.15) is 28.5 Å². The van der Waals surface area contributed by atoms with Gasteiger partial charge in [-0.15, -0.1) is 0 Å². The summed E-state index contributed by atoms with van der Waals surface area (Å²) in [5.41, 5.74) is 8.88. The van der Waals surface area contributed by atoms with Crippen molar-refractivity contribution in [2.24, 2.45) is 0 Å². The summed E-state index contributed by atoms with van der Waals surface area (Å²) in [5, 5.41) is 4.30. The van der Waals surface area contributed by atoms with E-state index in [1.807, 2.05) is 31.2 Å². The number of aryl methyl sites for hydroxylation is 2. The van der Waals surface area contributed by atoms with Gasteiger partial charge in [0.05, 0.1) is 18.0 Å². The lowest BCUT2D eigenvalue weighted by Crippen LogP contribution is -2.09. The van der Waals surface area contributed by atoms with Gasteiger partial charge in [-0.3, -0.25) is 0 Å². The Morgan fingerprint density at radius 2 is 1.95 bits per heavy atom. The predicted octanol–water partition coefficient (Wildman–Crippen LogP) is 2.25. The molecule has 2 N–H and O–H groups in total. The number of nitrogens with two attached hydrogens (primary N) is 1. The molecule has 0 aliphatic heterocycles. The van der Waals surface area contributed by atoms with Crippen LogP contribution in [0.25, 0.3) is 5.69 Å². The number of carbonyl (C=O) groups is 1. The molecular formula is C14H17N3O2. The fraction of sp³-hybridized carbons (Fsp3) is 0.286. The Hall–Kier alpha value is -2.30. The van der Waals surface area contributed by atoms with E-state index in [0.717, 1.165) is 11.3 Å². The molecule has 0 radical (unpaired) electrons. The first-order valence-corrected chi connectivity index (χ1v) is 6.13. The third-order valence-electron chi connectivity index (χ3n) is 2.85. The number of nitrogen functional groups attached to an aromatic ring is 1. The molecule has 0 spiro atoms. The van der Waals surface area contributed by atoms with Gasteiger partial charge in [-0.05, 0) is 32.9 Å². The molecule has 0 saturated carbocycles. The summed E-state index contributed by atoms with van der Waals surface area (Å²) < 4.78 is 6.54. The number of esters is 1. The smallest absolute Gasteiger partial charge is 0.343 e. The van der Waals surface area contributed by atoms with Crippen molar-refractivity contribution in [2.75, 3.05) is 12.3 Å². The zero-order chi connectivity index (χ0) is 14.0. The fourth-order valence-electron chi connectivity index (χ4n) is 1.88. The van der Waals surface area contributed by atoms with Crippen molar-refractivity contribution in [3.05, 3.63) is 41.1 Å². The lowest BCUT2D eigenvalue weighted by Gasteiger charge is -2.05. The van der Waals surface area contributed by atoms with Gasteiger partial charge in [-0.1, -0.05) is 17.7 Å². The summed E-state index contributed by atoms with van der Waals surface area (Å²) in [6, 6.07) is 7.76. The molecule has 1 aromatic carbocycles. The minimum atomic E-state index is -0.434. The summed E-state index contributed by atoms with van der Waals surface area (Å²) in [6.45, 7) is 5.82. The lowest BCUT2D eigenvalue weighted by molar-refractivity contribution is 0.0527. The molecule has 1 heterocycles. The second kappa shape index (κ2) is 5.14. The quantitative estimate of drug-likeness (QED) is 0.858. The van der Waals surface area contributed by atoms with E-state index in [-0.39, 0.29) is 0 Å². The summed E-state index contributed by atoms with van der Waals surface area (Å²) in [4.78, 5) is 11.8. The Balaban J connectivity index is 2.46. The molecule has 0 unspecified atom stereocenters. The van der Waals surface area contributed by atoms with Crippen LogP contribution in [-0.4, -0.2) is 22.4 Å². The van der Waals surface area contributed by atoms with Crippen LogP contribution >= 0.6 is 0 Å². The highest BCUT2D eigenvalue weighted by Gasteiger charge is 2.21. The van der Waals surface area contributed by atoms with Crippen molar-refractivity contribution in [3.8, 4) is 5.69 Å².